The first kappa shape index (κ1) is 12.5. The van der Waals surface area contributed by atoms with Crippen molar-refractivity contribution in [3.05, 3.63) is 35.6 Å². The second-order valence-electron chi connectivity index (χ2n) is 4.87. The molecule has 1 unspecified atom stereocenters. The van der Waals surface area contributed by atoms with E-state index in [2.05, 4.69) is 5.32 Å². The van der Waals surface area contributed by atoms with Crippen LogP contribution in [0, 0.1) is 5.82 Å². The lowest BCUT2D eigenvalue weighted by molar-refractivity contribution is 0.0889. The fraction of sp³-hybridized carbons (Fsp3) is 0.571. The number of halogens is 1. The zero-order valence-corrected chi connectivity index (χ0v) is 10.3. The maximum atomic E-state index is 13.7. The maximum Gasteiger partial charge on any atom is 0.126 e. The van der Waals surface area contributed by atoms with Crippen LogP contribution in [-0.2, 0) is 11.2 Å². The van der Waals surface area contributed by atoms with Crippen molar-refractivity contribution >= 4 is 0 Å². The lowest BCUT2D eigenvalue weighted by Gasteiger charge is -2.38. The summed E-state index contributed by atoms with van der Waals surface area (Å²) in [5.41, 5.74) is 0.689. The molecular formula is C14H20FNO. The molecule has 1 aliphatic heterocycles. The molecule has 1 fully saturated rings. The molecule has 0 spiro atoms. The number of ether oxygens (including phenoxy) is 1. The Morgan fingerprint density at radius 2 is 2.18 bits per heavy atom. The van der Waals surface area contributed by atoms with Crippen LogP contribution >= 0.6 is 0 Å². The van der Waals surface area contributed by atoms with E-state index in [1.54, 1.807) is 13.2 Å². The van der Waals surface area contributed by atoms with Gasteiger partial charge in [-0.25, -0.2) is 4.39 Å². The molecular weight excluding hydrogens is 217 g/mol. The topological polar surface area (TPSA) is 21.3 Å². The summed E-state index contributed by atoms with van der Waals surface area (Å²) < 4.78 is 19.0. The maximum absolute atomic E-state index is 13.7. The van der Waals surface area contributed by atoms with E-state index in [0.717, 1.165) is 18.5 Å². The highest BCUT2D eigenvalue weighted by Crippen LogP contribution is 2.25. The van der Waals surface area contributed by atoms with Crippen molar-refractivity contribution in [2.45, 2.75) is 31.2 Å². The standard InChI is InChI=1S/C14H20FNO/c1-17-11-14(8-4-5-9-16-14)10-12-6-2-3-7-13(12)15/h2-3,6-7,16H,4-5,8-11H2,1H3. The quantitative estimate of drug-likeness (QED) is 0.869. The summed E-state index contributed by atoms with van der Waals surface area (Å²) in [7, 11) is 1.71. The van der Waals surface area contributed by atoms with E-state index in [0.29, 0.717) is 13.0 Å². The molecule has 1 aromatic rings. The van der Waals surface area contributed by atoms with E-state index in [4.69, 9.17) is 4.74 Å². The van der Waals surface area contributed by atoms with Gasteiger partial charge in [0, 0.05) is 12.6 Å². The molecule has 0 aliphatic carbocycles. The smallest absolute Gasteiger partial charge is 0.126 e. The van der Waals surface area contributed by atoms with E-state index in [-0.39, 0.29) is 11.4 Å². The molecule has 1 N–H and O–H groups in total. The van der Waals surface area contributed by atoms with E-state index in [1.807, 2.05) is 12.1 Å². The van der Waals surface area contributed by atoms with Gasteiger partial charge in [-0.15, -0.1) is 0 Å². The van der Waals surface area contributed by atoms with Gasteiger partial charge >= 0.3 is 0 Å². The van der Waals surface area contributed by atoms with E-state index in [1.165, 1.54) is 18.9 Å². The Bertz CT molecular complexity index is 355. The first-order valence-corrected chi connectivity index (χ1v) is 6.23. The molecule has 1 aromatic carbocycles. The van der Waals surface area contributed by atoms with Gasteiger partial charge in [-0.2, -0.15) is 0 Å². The predicted molar refractivity (Wildman–Crippen MR) is 66.6 cm³/mol. The zero-order chi connectivity index (χ0) is 12.1. The average molecular weight is 237 g/mol. The molecule has 94 valence electrons. The number of nitrogens with one attached hydrogen (secondary N) is 1. The normalized spacial score (nSPS) is 24.8. The molecule has 3 heteroatoms. The van der Waals surface area contributed by atoms with Gasteiger partial charge in [-0.1, -0.05) is 24.6 Å². The first-order chi connectivity index (χ1) is 8.26. The Kier molecular flexibility index (Phi) is 4.13. The lowest BCUT2D eigenvalue weighted by Crippen LogP contribution is -2.53. The third-order valence-electron chi connectivity index (χ3n) is 3.49. The van der Waals surface area contributed by atoms with E-state index >= 15 is 0 Å². The Hall–Kier alpha value is -0.930. The van der Waals surface area contributed by atoms with Crippen LogP contribution < -0.4 is 5.32 Å². The molecule has 0 radical (unpaired) electrons. The highest BCUT2D eigenvalue weighted by Gasteiger charge is 2.32. The van der Waals surface area contributed by atoms with Crippen LogP contribution in [0.4, 0.5) is 4.39 Å². The molecule has 1 saturated heterocycles. The van der Waals surface area contributed by atoms with Gasteiger partial charge < -0.3 is 10.1 Å². The number of rotatable bonds is 4. The van der Waals surface area contributed by atoms with Crippen LogP contribution in [-0.4, -0.2) is 25.8 Å². The van der Waals surface area contributed by atoms with Gasteiger partial charge in [-0.3, -0.25) is 0 Å². The largest absolute Gasteiger partial charge is 0.383 e. The Labute approximate surface area is 102 Å². The Morgan fingerprint density at radius 3 is 2.82 bits per heavy atom. The van der Waals surface area contributed by atoms with Gasteiger partial charge in [0.15, 0.2) is 0 Å². The van der Waals surface area contributed by atoms with Gasteiger partial charge in [0.2, 0.25) is 0 Å². The van der Waals surface area contributed by atoms with Crippen LogP contribution in [0.15, 0.2) is 24.3 Å². The molecule has 1 atom stereocenters. The molecule has 2 nitrogen and oxygen atoms in total. The summed E-state index contributed by atoms with van der Waals surface area (Å²) in [6, 6.07) is 7.01. The minimum absolute atomic E-state index is 0.0881. The average Bonchev–Trinajstić information content (AvgIpc) is 2.34. The van der Waals surface area contributed by atoms with Gasteiger partial charge in [0.25, 0.3) is 0 Å². The molecule has 0 amide bonds. The molecule has 2 rings (SSSR count). The Balaban J connectivity index is 2.14. The molecule has 0 saturated carbocycles. The zero-order valence-electron chi connectivity index (χ0n) is 10.3. The van der Waals surface area contributed by atoms with Crippen LogP contribution in [0.3, 0.4) is 0 Å². The fourth-order valence-electron chi connectivity index (χ4n) is 2.64. The summed E-state index contributed by atoms with van der Waals surface area (Å²) in [5.74, 6) is -0.115. The number of methoxy groups -OCH3 is 1. The van der Waals surface area contributed by atoms with Crippen molar-refractivity contribution in [3.8, 4) is 0 Å². The van der Waals surface area contributed by atoms with Crippen LogP contribution in [0.1, 0.15) is 24.8 Å². The van der Waals surface area contributed by atoms with Crippen LogP contribution in [0.25, 0.3) is 0 Å². The minimum Gasteiger partial charge on any atom is -0.383 e. The van der Waals surface area contributed by atoms with Crippen molar-refractivity contribution < 1.29 is 9.13 Å². The van der Waals surface area contributed by atoms with Crippen LogP contribution in [0.2, 0.25) is 0 Å². The monoisotopic (exact) mass is 237 g/mol. The third kappa shape index (κ3) is 3.05. The summed E-state index contributed by atoms with van der Waals surface area (Å²) >= 11 is 0. The van der Waals surface area contributed by atoms with Gasteiger partial charge in [0.05, 0.1) is 6.61 Å². The number of hydrogen-bond donors (Lipinski definition) is 1. The minimum atomic E-state index is -0.115. The van der Waals surface area contributed by atoms with E-state index in [9.17, 15) is 4.39 Å². The molecule has 17 heavy (non-hydrogen) atoms. The number of benzene rings is 1. The van der Waals surface area contributed by atoms with Crippen molar-refractivity contribution in [2.75, 3.05) is 20.3 Å². The van der Waals surface area contributed by atoms with Crippen molar-refractivity contribution in [2.24, 2.45) is 0 Å². The summed E-state index contributed by atoms with van der Waals surface area (Å²) in [6.07, 6.45) is 4.14. The first-order valence-electron chi connectivity index (χ1n) is 6.23. The SMILES string of the molecule is COCC1(Cc2ccccc2F)CCCCN1. The number of hydrogen-bond acceptors (Lipinski definition) is 2. The van der Waals surface area contributed by atoms with Crippen molar-refractivity contribution in [1.29, 1.82) is 0 Å². The Morgan fingerprint density at radius 1 is 1.35 bits per heavy atom. The van der Waals surface area contributed by atoms with Gasteiger partial charge in [-0.05, 0) is 37.4 Å². The molecule has 1 heterocycles. The van der Waals surface area contributed by atoms with E-state index < -0.39 is 0 Å². The fourth-order valence-corrected chi connectivity index (χ4v) is 2.64. The van der Waals surface area contributed by atoms with Crippen LogP contribution in [0.5, 0.6) is 0 Å². The second kappa shape index (κ2) is 5.61. The summed E-state index contributed by atoms with van der Waals surface area (Å²) in [4.78, 5) is 0. The second-order valence-corrected chi connectivity index (χ2v) is 4.87. The number of piperidine rings is 1. The lowest BCUT2D eigenvalue weighted by atomic mass is 9.83. The predicted octanol–water partition coefficient (Wildman–Crippen LogP) is 2.53. The third-order valence-corrected chi connectivity index (χ3v) is 3.49. The highest BCUT2D eigenvalue weighted by molar-refractivity contribution is 5.20. The molecule has 0 aromatic heterocycles. The van der Waals surface area contributed by atoms with Crippen molar-refractivity contribution in [3.63, 3.8) is 0 Å². The van der Waals surface area contributed by atoms with Crippen molar-refractivity contribution in [1.82, 2.24) is 5.32 Å². The summed E-state index contributed by atoms with van der Waals surface area (Å²) in [6.45, 7) is 1.64. The summed E-state index contributed by atoms with van der Waals surface area (Å²) in [5, 5.41) is 3.52. The van der Waals surface area contributed by atoms with Gasteiger partial charge in [0.1, 0.15) is 5.82 Å². The molecule has 1 aliphatic rings. The highest BCUT2D eigenvalue weighted by atomic mass is 19.1. The molecule has 0 bridgehead atoms.